The molecule has 0 bridgehead atoms. The first kappa shape index (κ1) is 16.3. The van der Waals surface area contributed by atoms with Gasteiger partial charge in [-0.05, 0) is 45.1 Å². The zero-order valence-corrected chi connectivity index (χ0v) is 15.8. The van der Waals surface area contributed by atoms with Gasteiger partial charge in [0.05, 0.1) is 0 Å². The van der Waals surface area contributed by atoms with Crippen LogP contribution in [0, 0.1) is 0 Å². The minimum atomic E-state index is 0.0589. The highest BCUT2D eigenvalue weighted by Gasteiger charge is 2.24. The molecule has 4 heteroatoms. The Morgan fingerprint density at radius 2 is 2.15 bits per heavy atom. The Morgan fingerprint density at radius 3 is 2.70 bits per heavy atom. The maximum atomic E-state index is 6.15. The van der Waals surface area contributed by atoms with Gasteiger partial charge in [-0.1, -0.05) is 53.1 Å². The molecule has 1 aliphatic rings. The number of aromatic amines is 1. The number of nitrogens with two attached hydrogens (primary N) is 1. The Balaban J connectivity index is 2.77. The van der Waals surface area contributed by atoms with Crippen molar-refractivity contribution in [2.45, 2.75) is 51.7 Å². The van der Waals surface area contributed by atoms with Gasteiger partial charge in [-0.15, -0.1) is 0 Å². The van der Waals surface area contributed by atoms with Gasteiger partial charge in [0, 0.05) is 27.5 Å². The number of halogens is 1. The minimum Gasteiger partial charge on any atom is -0.357 e. The van der Waals surface area contributed by atoms with Crippen molar-refractivity contribution in [1.82, 2.24) is 4.98 Å². The molecule has 1 aromatic heterocycles. The van der Waals surface area contributed by atoms with E-state index in [-0.39, 0.29) is 11.2 Å². The fraction of sp³-hybridized carbons (Fsp3) is 0.500. The number of nitrogens with one attached hydrogen (secondary N) is 1. The largest absolute Gasteiger partial charge is 0.357 e. The Bertz CT molecular complexity index is 642. The lowest BCUT2D eigenvalue weighted by atomic mass is 9.98. The highest BCUT2D eigenvalue weighted by molar-refractivity contribution is 14.2. The van der Waals surface area contributed by atoms with Crippen LogP contribution in [-0.2, 0) is 6.42 Å². The van der Waals surface area contributed by atoms with Crippen molar-refractivity contribution in [3.8, 4) is 0 Å². The van der Waals surface area contributed by atoms with Gasteiger partial charge in [0.2, 0.25) is 0 Å². The monoisotopic (exact) mass is 402 g/mol. The molecule has 1 aromatic rings. The summed E-state index contributed by atoms with van der Waals surface area (Å²) in [6, 6.07) is 0.0589. The molecule has 3 N–H and O–H groups in total. The van der Waals surface area contributed by atoms with Crippen molar-refractivity contribution in [2.24, 2.45) is 5.73 Å². The maximum absolute atomic E-state index is 6.15. The van der Waals surface area contributed by atoms with Crippen molar-refractivity contribution >= 4 is 40.4 Å². The van der Waals surface area contributed by atoms with Crippen LogP contribution in [0.2, 0.25) is 0 Å². The maximum Gasteiger partial charge on any atom is 0.0456 e. The number of aromatic nitrogens is 1. The molecule has 3 atom stereocenters. The summed E-state index contributed by atoms with van der Waals surface area (Å²) < 4.78 is 0. The smallest absolute Gasteiger partial charge is 0.0456 e. The summed E-state index contributed by atoms with van der Waals surface area (Å²) in [7, 11) is 0. The van der Waals surface area contributed by atoms with Gasteiger partial charge in [0.25, 0.3) is 0 Å². The van der Waals surface area contributed by atoms with Gasteiger partial charge in [-0.3, -0.25) is 0 Å². The molecule has 0 amide bonds. The second-order valence-electron chi connectivity index (χ2n) is 5.84. The molecule has 110 valence electrons. The predicted molar refractivity (Wildman–Crippen MR) is 100 cm³/mol. The van der Waals surface area contributed by atoms with Crippen LogP contribution in [-0.4, -0.2) is 10.1 Å². The lowest BCUT2D eigenvalue weighted by molar-refractivity contribution is 0.761. The highest BCUT2D eigenvalue weighted by Crippen LogP contribution is 2.45. The summed E-state index contributed by atoms with van der Waals surface area (Å²) in [5, 5.41) is 2.75. The molecular weight excluding hydrogens is 378 g/mol. The Hall–Kier alpha value is -0.120. The Labute approximate surface area is 136 Å². The third-order valence-corrected chi connectivity index (χ3v) is 8.41. The van der Waals surface area contributed by atoms with E-state index in [1.807, 2.05) is 0 Å². The second kappa shape index (κ2) is 6.33. The molecular formula is C16H24IN2P. The summed E-state index contributed by atoms with van der Waals surface area (Å²) in [5.74, 6) is 0. The van der Waals surface area contributed by atoms with Crippen LogP contribution in [0.15, 0.2) is 11.6 Å². The standard InChI is InChI=1S/C16H24IN2P/c1-5-6-12-13-9-16(4,20-17)10(2)7-8-14(13)19-15(12)11(3)18/h7-9,11,19-20H,5-6,18H2,1-4H3. The van der Waals surface area contributed by atoms with E-state index in [0.717, 1.165) is 19.1 Å². The Kier molecular flexibility index (Phi) is 5.14. The van der Waals surface area contributed by atoms with Crippen molar-refractivity contribution in [1.29, 1.82) is 0 Å². The number of fused-ring (bicyclic) bond motifs is 1. The summed E-state index contributed by atoms with van der Waals surface area (Å²) in [4.78, 5) is 3.55. The van der Waals surface area contributed by atoms with Crippen molar-refractivity contribution in [3.63, 3.8) is 0 Å². The number of hydrogen-bond acceptors (Lipinski definition) is 1. The number of rotatable bonds is 4. The molecule has 20 heavy (non-hydrogen) atoms. The van der Waals surface area contributed by atoms with Crippen LogP contribution in [0.1, 0.15) is 51.4 Å². The van der Waals surface area contributed by atoms with Crippen LogP contribution in [0.4, 0.5) is 0 Å². The first-order valence-electron chi connectivity index (χ1n) is 7.19. The average Bonchev–Trinajstić information content (AvgIpc) is 2.68. The quantitative estimate of drug-likeness (QED) is 0.589. The van der Waals surface area contributed by atoms with E-state index >= 15 is 0 Å². The molecule has 0 radical (unpaired) electrons. The molecule has 0 saturated carbocycles. The summed E-state index contributed by atoms with van der Waals surface area (Å²) >= 11 is 2.51. The van der Waals surface area contributed by atoms with Crippen molar-refractivity contribution < 1.29 is 0 Å². The lowest BCUT2D eigenvalue weighted by Crippen LogP contribution is -2.28. The van der Waals surface area contributed by atoms with Crippen molar-refractivity contribution in [3.05, 3.63) is 33.5 Å². The Morgan fingerprint density at radius 1 is 1.45 bits per heavy atom. The van der Waals surface area contributed by atoms with E-state index in [0.29, 0.717) is 0 Å². The molecule has 0 aromatic carbocycles. The fourth-order valence-electron chi connectivity index (χ4n) is 2.69. The van der Waals surface area contributed by atoms with E-state index in [2.05, 4.69) is 72.9 Å². The van der Waals surface area contributed by atoms with E-state index in [4.69, 9.17) is 5.73 Å². The molecule has 2 rings (SSSR count). The number of allylic oxidation sites excluding steroid dienone is 2. The summed E-state index contributed by atoms with van der Waals surface area (Å²) in [5.41, 5.74) is 10.2. The molecule has 0 spiro atoms. The number of H-pyrrole nitrogens is 1. The second-order valence-corrected chi connectivity index (χ2v) is 8.69. The molecule has 1 aliphatic carbocycles. The van der Waals surface area contributed by atoms with E-state index in [1.165, 1.54) is 27.4 Å². The fourth-order valence-corrected chi connectivity index (χ4v) is 4.86. The van der Waals surface area contributed by atoms with E-state index in [1.54, 1.807) is 0 Å². The molecule has 1 heterocycles. The lowest BCUT2D eigenvalue weighted by Gasteiger charge is -2.24. The molecule has 0 saturated heterocycles. The highest BCUT2D eigenvalue weighted by atomic mass is 127. The summed E-state index contributed by atoms with van der Waals surface area (Å²) in [6.07, 6.45) is 9.99. The van der Waals surface area contributed by atoms with Gasteiger partial charge in [0.15, 0.2) is 0 Å². The zero-order chi connectivity index (χ0) is 14.9. The third kappa shape index (κ3) is 2.90. The van der Waals surface area contributed by atoms with Gasteiger partial charge >= 0.3 is 0 Å². The van der Waals surface area contributed by atoms with Crippen LogP contribution in [0.25, 0.3) is 12.2 Å². The minimum absolute atomic E-state index is 0.0589. The third-order valence-electron chi connectivity index (χ3n) is 4.11. The van der Waals surface area contributed by atoms with Crippen LogP contribution in [0.5, 0.6) is 0 Å². The first-order valence-corrected chi connectivity index (χ1v) is 11.3. The SMILES string of the molecule is CCCc1c(C(C)N)[nH]c2c1=CC(C)(PI)C(C)=CC=2. The topological polar surface area (TPSA) is 41.8 Å². The van der Waals surface area contributed by atoms with Gasteiger partial charge in [-0.2, -0.15) is 0 Å². The zero-order valence-electron chi connectivity index (χ0n) is 12.7. The average molecular weight is 402 g/mol. The van der Waals surface area contributed by atoms with Crippen LogP contribution in [0.3, 0.4) is 0 Å². The van der Waals surface area contributed by atoms with Gasteiger partial charge < -0.3 is 10.7 Å². The van der Waals surface area contributed by atoms with Crippen molar-refractivity contribution in [2.75, 3.05) is 0 Å². The van der Waals surface area contributed by atoms with Crippen LogP contribution >= 0.6 is 28.3 Å². The molecule has 2 nitrogen and oxygen atoms in total. The first-order chi connectivity index (χ1) is 9.42. The summed E-state index contributed by atoms with van der Waals surface area (Å²) in [6.45, 7) is 8.86. The number of hydrogen-bond donors (Lipinski definition) is 2. The van der Waals surface area contributed by atoms with Crippen LogP contribution < -0.4 is 16.3 Å². The van der Waals surface area contributed by atoms with Gasteiger partial charge in [-0.25, -0.2) is 0 Å². The molecule has 0 fully saturated rings. The van der Waals surface area contributed by atoms with E-state index < -0.39 is 0 Å². The molecule has 0 aliphatic heterocycles. The predicted octanol–water partition coefficient (Wildman–Crippen LogP) is 3.30. The normalized spacial score (nSPS) is 23.8. The van der Waals surface area contributed by atoms with Gasteiger partial charge in [0.1, 0.15) is 0 Å². The molecule has 3 unspecified atom stereocenters. The van der Waals surface area contributed by atoms with E-state index in [9.17, 15) is 0 Å².